The highest BCUT2D eigenvalue weighted by Gasteiger charge is 2.23. The first-order chi connectivity index (χ1) is 26.5. The van der Waals surface area contributed by atoms with E-state index in [4.69, 9.17) is 9.47 Å². The zero-order valence-corrected chi connectivity index (χ0v) is 30.6. The number of hydrogen-bond acceptors (Lipinski definition) is 16. The summed E-state index contributed by atoms with van der Waals surface area (Å²) >= 11 is 0. The molecule has 2 heterocycles. The van der Waals surface area contributed by atoms with Crippen molar-refractivity contribution in [3.63, 3.8) is 0 Å². The summed E-state index contributed by atoms with van der Waals surface area (Å²) in [6, 6.07) is 18.9. The van der Waals surface area contributed by atoms with E-state index in [9.17, 15) is 39.4 Å². The number of rotatable bonds is 17. The third-order valence-electron chi connectivity index (χ3n) is 6.95. The van der Waals surface area contributed by atoms with Crippen LogP contribution in [0.2, 0.25) is 0 Å². The fourth-order valence-corrected chi connectivity index (χ4v) is 4.45. The molecule has 2 aromatic carbocycles. The minimum atomic E-state index is -0.563. The Balaban J connectivity index is -0.000000838. The van der Waals surface area contributed by atoms with E-state index in [1.165, 1.54) is 47.5 Å². The molecule has 0 unspecified atom stereocenters. The minimum Gasteiger partial charge on any atom is -0.466 e. The number of pyridine rings is 2. The summed E-state index contributed by atoms with van der Waals surface area (Å²) in [5, 5.41) is 30.2. The molecule has 0 saturated carbocycles. The Morgan fingerprint density at radius 3 is 1.78 bits per heavy atom. The van der Waals surface area contributed by atoms with Crippen molar-refractivity contribution >= 4 is 58.7 Å². The van der Waals surface area contributed by atoms with Gasteiger partial charge in [-0.15, -0.1) is 0 Å². The van der Waals surface area contributed by atoms with Gasteiger partial charge in [-0.05, 0) is 62.4 Å². The Morgan fingerprint density at radius 2 is 1.29 bits per heavy atom. The SMILES string of the molecule is C.C.C.C.CCOC(=O)CCN(C(=O)c1ccc(NC)c([N+](=O)[O-])c1)c1ccccn1.CCOC(=O)CCNc1ccccn1.CNc1ccc(OC=O)cc1[N+](=O)[O-]. The van der Waals surface area contributed by atoms with Crippen molar-refractivity contribution in [3.05, 3.63) is 111 Å². The molecule has 4 rings (SSSR count). The maximum atomic E-state index is 13.0. The molecule has 59 heavy (non-hydrogen) atoms. The number of benzene rings is 2. The van der Waals surface area contributed by atoms with E-state index in [0.717, 1.165) is 5.82 Å². The highest BCUT2D eigenvalue weighted by atomic mass is 16.6. The molecule has 19 nitrogen and oxygen atoms in total. The normalized spacial score (nSPS) is 9.08. The van der Waals surface area contributed by atoms with Crippen LogP contribution in [0.15, 0.2) is 85.2 Å². The molecular formula is C40H58N8O11. The lowest BCUT2D eigenvalue weighted by molar-refractivity contribution is -0.384. The second kappa shape index (κ2) is 31.0. The first-order valence-corrected chi connectivity index (χ1v) is 16.7. The summed E-state index contributed by atoms with van der Waals surface area (Å²) < 4.78 is 14.2. The number of carbonyl (C=O) groups excluding carboxylic acids is 4. The van der Waals surface area contributed by atoms with Crippen LogP contribution in [0.1, 0.15) is 66.8 Å². The summed E-state index contributed by atoms with van der Waals surface area (Å²) in [5.74, 6) is 0.136. The van der Waals surface area contributed by atoms with Crippen molar-refractivity contribution < 1.29 is 43.2 Å². The number of aromatic nitrogens is 2. The number of anilines is 4. The lowest BCUT2D eigenvalue weighted by Gasteiger charge is -2.21. The maximum absolute atomic E-state index is 13.0. The molecule has 0 atom stereocenters. The average molecular weight is 827 g/mol. The molecule has 0 spiro atoms. The van der Waals surface area contributed by atoms with Gasteiger partial charge in [0, 0.05) is 51.2 Å². The molecule has 2 aromatic heterocycles. The molecular weight excluding hydrogens is 768 g/mol. The molecule has 1 amide bonds. The number of nitro groups is 2. The zero-order chi connectivity index (χ0) is 40.6. The van der Waals surface area contributed by atoms with Gasteiger partial charge < -0.3 is 30.2 Å². The number of carbonyl (C=O) groups is 4. The lowest BCUT2D eigenvalue weighted by Crippen LogP contribution is -2.34. The molecule has 0 radical (unpaired) electrons. The standard InChI is InChI=1S/C18H20N4O5.C10H14N2O2.C8H8N2O4.4CH4/c1-3-27-17(23)9-11-21(16-6-4-5-10-20-16)18(24)13-7-8-14(19-2)15(12-13)22(25)26;1-2-14-10(13)6-8-12-9-5-3-4-7-11-9;1-9-7-3-2-6(14-5-11)4-8(7)10(12)13;;;;/h4-8,10,12,19H,3,9,11H2,1-2H3;3-5,7H,2,6,8H2,1H3,(H,11,12);2-5,9H,1H3;4*1H4. The van der Waals surface area contributed by atoms with Crippen molar-refractivity contribution in [2.45, 2.75) is 56.4 Å². The quantitative estimate of drug-likeness (QED) is 0.0398. The van der Waals surface area contributed by atoms with E-state index in [0.29, 0.717) is 36.8 Å². The Hall–Kier alpha value is -7.18. The van der Waals surface area contributed by atoms with E-state index in [-0.39, 0.29) is 84.4 Å². The van der Waals surface area contributed by atoms with Gasteiger partial charge in [0.05, 0.1) is 42.0 Å². The van der Waals surface area contributed by atoms with E-state index < -0.39 is 21.7 Å². The Bertz CT molecular complexity index is 1870. The fourth-order valence-electron chi connectivity index (χ4n) is 4.45. The van der Waals surface area contributed by atoms with E-state index in [1.54, 1.807) is 52.3 Å². The number of amides is 1. The van der Waals surface area contributed by atoms with Crippen molar-refractivity contribution in [1.29, 1.82) is 0 Å². The van der Waals surface area contributed by atoms with Crippen molar-refractivity contribution in [2.24, 2.45) is 0 Å². The number of nitrogens with one attached hydrogen (secondary N) is 3. The topological polar surface area (TPSA) is 247 Å². The molecule has 0 saturated heterocycles. The first kappa shape index (κ1) is 56.2. The van der Waals surface area contributed by atoms with Gasteiger partial charge in [-0.25, -0.2) is 9.97 Å². The molecule has 0 fully saturated rings. The van der Waals surface area contributed by atoms with Crippen LogP contribution < -0.4 is 25.6 Å². The fraction of sp³-hybridized carbons (Fsp3) is 0.350. The van der Waals surface area contributed by atoms with Gasteiger partial charge in [0.25, 0.3) is 23.8 Å². The van der Waals surface area contributed by atoms with Crippen LogP contribution >= 0.6 is 0 Å². The Kier molecular flexibility index (Phi) is 29.5. The molecule has 4 aromatic rings. The van der Waals surface area contributed by atoms with Gasteiger partial charge in [0.15, 0.2) is 0 Å². The average Bonchev–Trinajstić information content (AvgIpc) is 3.19. The largest absolute Gasteiger partial charge is 0.466 e. The van der Waals surface area contributed by atoms with E-state index >= 15 is 0 Å². The molecule has 19 heteroatoms. The third kappa shape index (κ3) is 19.5. The number of ether oxygens (including phenoxy) is 3. The van der Waals surface area contributed by atoms with Crippen LogP contribution in [0.5, 0.6) is 5.75 Å². The Labute approximate surface area is 345 Å². The lowest BCUT2D eigenvalue weighted by atomic mass is 10.1. The van der Waals surface area contributed by atoms with Gasteiger partial charge in [0.1, 0.15) is 28.8 Å². The van der Waals surface area contributed by atoms with Crippen molar-refractivity contribution in [2.75, 3.05) is 61.2 Å². The monoisotopic (exact) mass is 826 g/mol. The van der Waals surface area contributed by atoms with Gasteiger partial charge in [0.2, 0.25) is 0 Å². The summed E-state index contributed by atoms with van der Waals surface area (Å²) in [7, 11) is 3.13. The van der Waals surface area contributed by atoms with Crippen LogP contribution in [-0.2, 0) is 23.9 Å². The highest BCUT2D eigenvalue weighted by molar-refractivity contribution is 6.06. The van der Waals surface area contributed by atoms with Crippen LogP contribution in [0.25, 0.3) is 0 Å². The Morgan fingerprint density at radius 1 is 0.746 bits per heavy atom. The van der Waals surface area contributed by atoms with E-state index in [1.807, 2.05) is 18.2 Å². The minimum absolute atomic E-state index is 0. The second-order valence-corrected chi connectivity index (χ2v) is 10.5. The predicted octanol–water partition coefficient (Wildman–Crippen LogP) is 7.79. The number of nitro benzene ring substituents is 2. The van der Waals surface area contributed by atoms with Crippen LogP contribution in [0.4, 0.5) is 34.4 Å². The maximum Gasteiger partial charge on any atom is 0.307 e. The molecule has 3 N–H and O–H groups in total. The van der Waals surface area contributed by atoms with Crippen molar-refractivity contribution in [1.82, 2.24) is 9.97 Å². The molecule has 0 aliphatic rings. The summed E-state index contributed by atoms with van der Waals surface area (Å²) in [4.78, 5) is 75.8. The van der Waals surface area contributed by atoms with Crippen LogP contribution in [-0.4, -0.2) is 84.5 Å². The predicted molar refractivity (Wildman–Crippen MR) is 230 cm³/mol. The van der Waals surface area contributed by atoms with Crippen LogP contribution in [0.3, 0.4) is 0 Å². The summed E-state index contributed by atoms with van der Waals surface area (Å²) in [6.07, 6.45) is 3.57. The first-order valence-electron chi connectivity index (χ1n) is 16.7. The van der Waals surface area contributed by atoms with Gasteiger partial charge in [-0.3, -0.25) is 44.3 Å². The third-order valence-corrected chi connectivity index (χ3v) is 6.95. The van der Waals surface area contributed by atoms with Gasteiger partial charge >= 0.3 is 11.9 Å². The number of hydrogen-bond donors (Lipinski definition) is 3. The summed E-state index contributed by atoms with van der Waals surface area (Å²) in [6.45, 7) is 4.98. The molecule has 0 aliphatic heterocycles. The smallest absolute Gasteiger partial charge is 0.307 e. The van der Waals surface area contributed by atoms with Gasteiger partial charge in [-0.2, -0.15) is 0 Å². The number of esters is 2. The molecule has 0 aliphatic carbocycles. The molecule has 0 bridgehead atoms. The van der Waals surface area contributed by atoms with Crippen molar-refractivity contribution in [3.8, 4) is 5.75 Å². The number of nitrogens with zero attached hydrogens (tertiary/aromatic N) is 5. The zero-order valence-electron chi connectivity index (χ0n) is 30.6. The highest BCUT2D eigenvalue weighted by Crippen LogP contribution is 2.28. The summed E-state index contributed by atoms with van der Waals surface area (Å²) in [5.41, 5.74) is 0.442. The van der Waals surface area contributed by atoms with Gasteiger partial charge in [-0.1, -0.05) is 41.8 Å². The second-order valence-electron chi connectivity index (χ2n) is 10.5. The molecule has 324 valence electrons. The van der Waals surface area contributed by atoms with E-state index in [2.05, 4.69) is 30.7 Å². The van der Waals surface area contributed by atoms with Crippen LogP contribution in [0, 0.1) is 20.2 Å².